The second-order valence-electron chi connectivity index (χ2n) is 32.7. The summed E-state index contributed by atoms with van der Waals surface area (Å²) in [6.45, 7) is 30.9. The van der Waals surface area contributed by atoms with Gasteiger partial charge in [0.1, 0.15) is 0 Å². The Labute approximate surface area is 813 Å². The molecule has 4 aliphatic heterocycles. The van der Waals surface area contributed by atoms with E-state index in [1.54, 1.807) is 48.6 Å². The van der Waals surface area contributed by atoms with Gasteiger partial charge >= 0.3 is 35.8 Å². The number of hydrogen-bond donors (Lipinski definition) is 2. The van der Waals surface area contributed by atoms with E-state index < -0.39 is 218 Å². The van der Waals surface area contributed by atoms with E-state index in [9.17, 15) is 170 Å². The van der Waals surface area contributed by atoms with Crippen LogP contribution < -0.4 is 29.6 Å². The third-order valence-electron chi connectivity index (χ3n) is 18.4. The summed E-state index contributed by atoms with van der Waals surface area (Å²) in [4.78, 5) is 228. The molecule has 796 valence electrons. The van der Waals surface area contributed by atoms with Gasteiger partial charge in [0.05, 0.1) is 43.6 Å². The van der Waals surface area contributed by atoms with E-state index in [0.717, 1.165) is 4.90 Å². The molecule has 4 aliphatic rings. The van der Waals surface area contributed by atoms with Crippen LogP contribution in [0.4, 0.5) is 79.0 Å². The lowest BCUT2D eigenvalue weighted by molar-refractivity contribution is -0.199. The SMILES string of the molecule is C#CCNC(=O)C(C)C.CC(C)C(=O)ON1C(=O)CCC1=O.CC(C)C(=O)Oc1c(F)c(F)c(F)c(F)c1F.CC(C)C(=O)Oc1c(F)c(F)cc(F)c1F.CC(C)N(C)C(=O)CCC(=O)ON1C(=O)CCC1=O.CC(C)N(C)C(=O)CCC(=O)Oc1c(F)c(F)c(F)c(F)c1F.CC(C)N(C)C(=O)CCC(=O)Oc1c(F)c(F)cc(F)c1F.CC(C)N1C(=O)C=CC1=O.CC(C)NC(=O)CCN1C(=O)C=CC1=O. The summed E-state index contributed by atoms with van der Waals surface area (Å²) in [7, 11) is 4.66. The predicted molar refractivity (Wildman–Crippen MR) is 464 cm³/mol. The first kappa shape index (κ1) is 129. The lowest BCUT2D eigenvalue weighted by Gasteiger charge is -2.21. The highest BCUT2D eigenvalue weighted by Gasteiger charge is 2.38. The Morgan fingerprint density at radius 3 is 0.889 bits per heavy atom. The van der Waals surface area contributed by atoms with Gasteiger partial charge in [0.2, 0.25) is 134 Å². The van der Waals surface area contributed by atoms with Gasteiger partial charge in [0.15, 0.2) is 23.3 Å². The summed E-state index contributed by atoms with van der Waals surface area (Å²) < 4.78 is 250. The number of nitrogens with zero attached hydrogens (tertiary/aromatic N) is 7. The summed E-state index contributed by atoms with van der Waals surface area (Å²) in [5, 5.41) is 6.29. The van der Waals surface area contributed by atoms with Gasteiger partial charge in [-0.15, -0.1) is 16.5 Å². The largest absolute Gasteiger partial charge is 0.420 e. The summed E-state index contributed by atoms with van der Waals surface area (Å²) in [6.07, 6.45) is 8.63. The van der Waals surface area contributed by atoms with E-state index in [1.165, 1.54) is 85.7 Å². The van der Waals surface area contributed by atoms with E-state index in [-0.39, 0.29) is 166 Å². The highest BCUT2D eigenvalue weighted by atomic mass is 19.2. The average molecular weight is 2080 g/mol. The Kier molecular flexibility index (Phi) is 55.1. The van der Waals surface area contributed by atoms with Crippen molar-refractivity contribution in [3.63, 3.8) is 0 Å². The number of hydroxylamine groups is 4. The Morgan fingerprint density at radius 2 is 0.618 bits per heavy atom. The van der Waals surface area contributed by atoms with Crippen molar-refractivity contribution in [3.8, 4) is 35.3 Å². The molecule has 8 rings (SSSR count). The highest BCUT2D eigenvalue weighted by molar-refractivity contribution is 6.14. The lowest BCUT2D eigenvalue weighted by atomic mass is 10.2. The van der Waals surface area contributed by atoms with Crippen LogP contribution >= 0.6 is 0 Å². The topological polar surface area (TPSA) is 426 Å². The van der Waals surface area contributed by atoms with Gasteiger partial charge in [-0.1, -0.05) is 61.3 Å². The fourth-order valence-electron chi connectivity index (χ4n) is 9.60. The number of imide groups is 4. The van der Waals surface area contributed by atoms with Gasteiger partial charge in [0, 0.05) is 152 Å². The Hall–Kier alpha value is -14.6. The lowest BCUT2D eigenvalue weighted by Crippen LogP contribution is -2.36. The van der Waals surface area contributed by atoms with Crippen LogP contribution in [0.1, 0.15) is 195 Å². The Balaban J connectivity index is 0.00000162. The molecule has 4 aromatic carbocycles. The van der Waals surface area contributed by atoms with Crippen molar-refractivity contribution in [2.45, 2.75) is 225 Å². The maximum atomic E-state index is 13.3. The summed E-state index contributed by atoms with van der Waals surface area (Å²) in [5.74, 6) is -51.5. The average Bonchev–Trinajstić information content (AvgIpc) is 0.890. The van der Waals surface area contributed by atoms with Crippen LogP contribution in [0.2, 0.25) is 0 Å². The molecular weight excluding hydrogens is 1970 g/mol. The first-order valence-electron chi connectivity index (χ1n) is 43.0. The molecule has 2 N–H and O–H groups in total. The highest BCUT2D eigenvalue weighted by Crippen LogP contribution is 2.33. The fourth-order valence-corrected chi connectivity index (χ4v) is 9.60. The number of amides is 13. The molecule has 0 aliphatic carbocycles. The molecule has 52 heteroatoms. The quantitative estimate of drug-likeness (QED) is 0.0101. The molecule has 4 heterocycles. The van der Waals surface area contributed by atoms with Crippen LogP contribution in [0.25, 0.3) is 0 Å². The molecule has 144 heavy (non-hydrogen) atoms. The summed E-state index contributed by atoms with van der Waals surface area (Å²) >= 11 is 0. The van der Waals surface area contributed by atoms with Crippen LogP contribution in [-0.2, 0) is 101 Å². The number of hydrogen-bond acceptors (Lipinski definition) is 25. The zero-order chi connectivity index (χ0) is 112. The smallest absolute Gasteiger partial charge is 0.335 e. The van der Waals surface area contributed by atoms with Crippen molar-refractivity contribution in [2.24, 2.45) is 23.7 Å². The van der Waals surface area contributed by atoms with Crippen molar-refractivity contribution in [1.82, 2.24) is 45.3 Å². The maximum Gasteiger partial charge on any atom is 0.335 e. The van der Waals surface area contributed by atoms with Gasteiger partial charge in [-0.25, -0.2) is 53.5 Å². The normalized spacial score (nSPS) is 12.7. The minimum absolute atomic E-state index is 0.00310. The number of rotatable bonds is 28. The van der Waals surface area contributed by atoms with Gasteiger partial charge in [0.25, 0.3) is 47.3 Å². The van der Waals surface area contributed by atoms with E-state index in [1.807, 2.05) is 55.4 Å². The molecule has 0 spiro atoms. The third-order valence-corrected chi connectivity index (χ3v) is 18.4. The van der Waals surface area contributed by atoms with Crippen LogP contribution in [0.5, 0.6) is 23.0 Å². The molecule has 0 unspecified atom stereocenters. The summed E-state index contributed by atoms with van der Waals surface area (Å²) in [5.41, 5.74) is 0. The van der Waals surface area contributed by atoms with E-state index >= 15 is 0 Å². The van der Waals surface area contributed by atoms with Crippen LogP contribution in [-0.4, -0.2) is 212 Å². The molecule has 4 aromatic rings. The Bertz CT molecular complexity index is 5320. The zero-order valence-corrected chi connectivity index (χ0v) is 81.6. The molecule has 0 saturated carbocycles. The molecule has 34 nitrogen and oxygen atoms in total. The van der Waals surface area contributed by atoms with E-state index in [4.69, 9.17) is 6.42 Å². The number of terminal acetylenes is 1. The van der Waals surface area contributed by atoms with Crippen molar-refractivity contribution in [3.05, 3.63) is 141 Å². The molecule has 13 amide bonds. The monoisotopic (exact) mass is 2080 g/mol. The number of nitrogens with one attached hydrogen (secondary N) is 2. The molecule has 0 aromatic heterocycles. The van der Waals surface area contributed by atoms with Crippen molar-refractivity contribution in [1.29, 1.82) is 0 Å². The molecule has 2 fully saturated rings. The maximum absolute atomic E-state index is 13.3. The molecule has 0 bridgehead atoms. The summed E-state index contributed by atoms with van der Waals surface area (Å²) in [6, 6.07) is -0.0918. The second kappa shape index (κ2) is 61.3. The zero-order valence-electron chi connectivity index (χ0n) is 81.6. The molecular formula is C92H107F18N9O25. The van der Waals surface area contributed by atoms with Crippen molar-refractivity contribution >= 4 is 113 Å². The fraction of sp³-hybridized carbons (Fsp3) is 0.467. The van der Waals surface area contributed by atoms with Crippen LogP contribution in [0.3, 0.4) is 0 Å². The van der Waals surface area contributed by atoms with Gasteiger partial charge in [-0.3, -0.25) is 91.3 Å². The first-order chi connectivity index (χ1) is 66.5. The number of esters is 4. The molecule has 0 radical (unpaired) electrons. The number of carbonyl (C=O) groups excluding carboxylic acids is 19. The Morgan fingerprint density at radius 1 is 0.347 bits per heavy atom. The third kappa shape index (κ3) is 41.5. The first-order valence-corrected chi connectivity index (χ1v) is 43.0. The van der Waals surface area contributed by atoms with E-state index in [2.05, 4.69) is 45.2 Å². The number of carbonyl (C=O) groups is 19. The second-order valence-corrected chi connectivity index (χ2v) is 32.7. The van der Waals surface area contributed by atoms with Crippen LogP contribution in [0.15, 0.2) is 36.4 Å². The van der Waals surface area contributed by atoms with Gasteiger partial charge < -0.3 is 54.0 Å². The molecule has 0 atom stereocenters. The number of ether oxygens (including phenoxy) is 4. The van der Waals surface area contributed by atoms with Crippen molar-refractivity contribution in [2.75, 3.05) is 34.2 Å². The van der Waals surface area contributed by atoms with Gasteiger partial charge in [-0.2, -0.15) is 35.1 Å². The number of benzene rings is 4. The molecule has 2 saturated heterocycles. The van der Waals surface area contributed by atoms with Crippen molar-refractivity contribution < 1.29 is 199 Å². The standard InChI is InChI=1S/C14H14F5NO3.C14H15F4NO3.C12H18N2O5.C10H7F5O2.C10H8F4O2.C10H14N2O3.C8H11NO4.C7H9NO2.C7H11NO/c1-6(2)20(3)7(21)4-5-8(22)23-14-12(18)10(16)9(15)11(17)13(14)19;1-7(2)19(3)10(20)4-5-11(21)22-14-12(17)8(15)6-9(16)13(14)18;1-8(2)13(3)9(15)6-7-12(18)19-14-10(16)4-5-11(14)17;1-3(2)10(16)17-9-7(14)5(12)4(11)6(13)8(9)15;1-4(2)10(15)16-9-7(13)5(11)3-6(12)8(9)14;1-7(2)11-8(13)5-6-12-9(14)3-4-10(12)15;1-5(2)8(12)13-9-6(10)3-4-7(9)11;1-5(2)8-6(9)3-4-7(8)10;1-4-5-8-7(9)6(2)3/h6H,4-5H2,1-3H3;6-7H,4-5H2,1-3H3;8H,4-7H2,1-3H3;3H,1-2H3;3-4H,1-2H3;3-4,7H,5-6H2,1-2H3,(H,11,13);5H,3-4H2,1-2H3;3-5H,1-2H3;1,6H,5H2,2-3H3,(H,8,9). The number of halogens is 18. The minimum Gasteiger partial charge on any atom is -0.420 e. The van der Waals surface area contributed by atoms with Gasteiger partial charge in [-0.05, 0) is 69.2 Å². The minimum atomic E-state index is -2.35. The van der Waals surface area contributed by atoms with Crippen LogP contribution in [0, 0.1) is 141 Å². The van der Waals surface area contributed by atoms with E-state index in [0.29, 0.717) is 16.7 Å². The predicted octanol–water partition coefficient (Wildman–Crippen LogP) is 12.5.